The average Bonchev–Trinajstić information content (AvgIpc) is 1.59. The first-order chi connectivity index (χ1) is 54.5. The second-order valence-electron chi connectivity index (χ2n) is 45.5. The normalized spacial score (nSPS) is 21.4. The van der Waals surface area contributed by atoms with Crippen molar-refractivity contribution in [3.8, 4) is 0 Å². The van der Waals surface area contributed by atoms with Gasteiger partial charge in [-0.25, -0.2) is 0 Å². The zero-order valence-corrected chi connectivity index (χ0v) is 87.0. The van der Waals surface area contributed by atoms with Crippen molar-refractivity contribution in [3.63, 3.8) is 0 Å². The van der Waals surface area contributed by atoms with E-state index in [9.17, 15) is 38.4 Å². The van der Waals surface area contributed by atoms with Gasteiger partial charge < -0.3 is 37.9 Å². The zero-order valence-electron chi connectivity index (χ0n) is 87.0. The van der Waals surface area contributed by atoms with Crippen molar-refractivity contribution in [3.05, 3.63) is 0 Å². The standard InChI is InChI=1S/C16H26O2.C16H30O2.C14H26O2.3C13H26O2.C10H20O2.C9H18O2/c1-4-16(2,3)15(17)18-14-9-10-8-13(14)12-7-5-6-11(10)12;1-7-16(5,6)14(17)18-13-10-8-12(9-11-13)15(2,3)4;1-6-14(4,5)13(15)16-12-10(2)8-7-9-11(12)3;3*1-8-13(6,7)12(14)15-11(9(2)3)10(4)5;1-6-10(4,5)9(11)12-7-8(2)3;1-6-9(4,5)8(10)11-7(2)3/h10-14H,4-9H2,1-3H3;12-13H,7-11H2,1-6H3;10-12H,6-9H2,1-5H3;3*9-11H,8H2,1-7H3;8H,6-7H2,1-5H3;7H,6H2,1-5H3. The quantitative estimate of drug-likeness (QED) is 0.0467. The van der Waals surface area contributed by atoms with E-state index in [1.165, 1.54) is 57.8 Å². The number of ether oxygens (including phenoxy) is 8. The zero-order chi connectivity index (χ0) is 94.7. The summed E-state index contributed by atoms with van der Waals surface area (Å²) in [5.41, 5.74) is -2.32. The lowest BCUT2D eigenvalue weighted by atomic mass is 9.72. The molecule has 2 bridgehead atoms. The third-order valence-corrected chi connectivity index (χ3v) is 27.5. The van der Waals surface area contributed by atoms with E-state index in [4.69, 9.17) is 37.9 Å². The number of fused-ring (bicyclic) bond motifs is 5. The van der Waals surface area contributed by atoms with Gasteiger partial charge >= 0.3 is 47.8 Å². The molecule has 0 amide bonds. The fourth-order valence-corrected chi connectivity index (χ4v) is 14.9. The Morgan fingerprint density at radius 3 is 0.867 bits per heavy atom. The highest BCUT2D eigenvalue weighted by Crippen LogP contribution is 2.60. The lowest BCUT2D eigenvalue weighted by Crippen LogP contribution is -2.38. The molecular formula is C104H198O16. The van der Waals surface area contributed by atoms with Crippen molar-refractivity contribution < 1.29 is 76.3 Å². The lowest BCUT2D eigenvalue weighted by molar-refractivity contribution is -0.167. The van der Waals surface area contributed by atoms with Crippen LogP contribution in [0.25, 0.3) is 0 Å². The number of rotatable bonds is 31. The van der Waals surface area contributed by atoms with E-state index in [0.29, 0.717) is 71.2 Å². The van der Waals surface area contributed by atoms with Crippen LogP contribution in [0.1, 0.15) is 440 Å². The van der Waals surface area contributed by atoms with Gasteiger partial charge in [0, 0.05) is 0 Å². The van der Waals surface area contributed by atoms with Crippen molar-refractivity contribution in [2.45, 2.75) is 483 Å². The summed E-state index contributed by atoms with van der Waals surface area (Å²) in [7, 11) is 0. The molecule has 0 aliphatic heterocycles. The minimum absolute atomic E-state index is 0.00618. The first kappa shape index (κ1) is 120. The van der Waals surface area contributed by atoms with Gasteiger partial charge in [0.25, 0.3) is 0 Å². The molecule has 0 heterocycles. The molecule has 16 heteroatoms. The molecule has 0 N–H and O–H groups in total. The Balaban J connectivity index is -0.00000131. The molecular weight excluding hydrogens is 1510 g/mol. The SMILES string of the molecule is CCC(C)(C)C(=O)OC(C(C)C)C(C)C.CCC(C)(C)C(=O)OC(C(C)C)C(C)C.CCC(C)(C)C(=O)OC(C(C)C)C(C)C.CCC(C)(C)C(=O)OC(C)C.CCC(C)(C)C(=O)OC1C(C)CCCC1C.CCC(C)(C)C(=O)OC1CC2CC1C1CCCC21.CCC(C)(C)C(=O)OC1CCC(C(C)(C)C)CC1.CCC(C)(C)C(=O)OCC(C)C. The molecule has 120 heavy (non-hydrogen) atoms. The largest absolute Gasteiger partial charge is 0.465 e. The summed E-state index contributed by atoms with van der Waals surface area (Å²) < 4.78 is 44.2. The van der Waals surface area contributed by atoms with E-state index in [2.05, 4.69) is 125 Å². The molecule has 0 radical (unpaired) electrons. The van der Waals surface area contributed by atoms with Gasteiger partial charge in [-0.2, -0.15) is 0 Å². The third-order valence-electron chi connectivity index (χ3n) is 27.5. The summed E-state index contributed by atoms with van der Waals surface area (Å²) in [6, 6.07) is 0. The molecule has 5 rings (SSSR count). The highest BCUT2D eigenvalue weighted by Gasteiger charge is 2.56. The molecule has 5 saturated carbocycles. The molecule has 7 unspecified atom stereocenters. The number of hydrogen-bond donors (Lipinski definition) is 0. The average molecular weight is 1700 g/mol. The predicted molar refractivity (Wildman–Crippen MR) is 499 cm³/mol. The van der Waals surface area contributed by atoms with Crippen LogP contribution in [0.3, 0.4) is 0 Å². The summed E-state index contributed by atoms with van der Waals surface area (Å²) >= 11 is 0. The molecule has 0 aromatic heterocycles. The van der Waals surface area contributed by atoms with Gasteiger partial charge in [0.1, 0.15) is 36.6 Å². The van der Waals surface area contributed by atoms with E-state index in [1.54, 1.807) is 0 Å². The van der Waals surface area contributed by atoms with Crippen molar-refractivity contribution >= 4 is 47.8 Å². The van der Waals surface area contributed by atoms with Gasteiger partial charge in [0.05, 0.1) is 56.0 Å². The maximum atomic E-state index is 12.2. The van der Waals surface area contributed by atoms with Gasteiger partial charge in [-0.3, -0.25) is 38.4 Å². The molecule has 0 saturated heterocycles. The van der Waals surface area contributed by atoms with Crippen LogP contribution in [-0.2, 0) is 76.3 Å². The van der Waals surface area contributed by atoms with E-state index in [1.807, 2.05) is 187 Å². The summed E-state index contributed by atoms with van der Waals surface area (Å²) in [6.45, 7) is 92.1. The van der Waals surface area contributed by atoms with Crippen LogP contribution in [0.2, 0.25) is 0 Å². The van der Waals surface area contributed by atoms with Crippen molar-refractivity contribution in [2.75, 3.05) is 6.61 Å². The van der Waals surface area contributed by atoms with Crippen LogP contribution < -0.4 is 0 Å². The fraction of sp³-hybridized carbons (Fsp3) is 0.923. The smallest absolute Gasteiger partial charge is 0.311 e. The van der Waals surface area contributed by atoms with Gasteiger partial charge in [0.15, 0.2) is 0 Å². The first-order valence-electron chi connectivity index (χ1n) is 48.2. The van der Waals surface area contributed by atoms with Gasteiger partial charge in [-0.05, 0) is 328 Å². The van der Waals surface area contributed by atoms with Crippen LogP contribution in [0.15, 0.2) is 0 Å². The maximum Gasteiger partial charge on any atom is 0.311 e. The van der Waals surface area contributed by atoms with E-state index in [-0.39, 0.29) is 134 Å². The Labute approximate surface area is 741 Å². The number of esters is 8. The summed E-state index contributed by atoms with van der Waals surface area (Å²) in [5.74, 6) is 7.46. The number of hydrogen-bond acceptors (Lipinski definition) is 16. The van der Waals surface area contributed by atoms with E-state index in [0.717, 1.165) is 94.3 Å². The van der Waals surface area contributed by atoms with Gasteiger partial charge in [-0.15, -0.1) is 0 Å². The van der Waals surface area contributed by atoms with Crippen LogP contribution in [0.4, 0.5) is 0 Å². The van der Waals surface area contributed by atoms with Crippen LogP contribution >= 0.6 is 0 Å². The van der Waals surface area contributed by atoms with E-state index >= 15 is 0 Å². The molecule has 0 aromatic carbocycles. The fourth-order valence-electron chi connectivity index (χ4n) is 14.9. The lowest BCUT2D eigenvalue weighted by Gasteiger charge is -2.37. The first-order valence-corrected chi connectivity index (χ1v) is 48.2. The topological polar surface area (TPSA) is 210 Å². The van der Waals surface area contributed by atoms with E-state index < -0.39 is 0 Å². The third kappa shape index (κ3) is 42.4. The molecule has 710 valence electrons. The molecule has 0 aromatic rings. The van der Waals surface area contributed by atoms with Crippen molar-refractivity contribution in [1.82, 2.24) is 0 Å². The van der Waals surface area contributed by atoms with Gasteiger partial charge in [-0.1, -0.05) is 200 Å². The Bertz CT molecular complexity index is 2780. The summed E-state index contributed by atoms with van der Waals surface area (Å²) in [6.07, 6.45) is 22.0. The molecule has 5 fully saturated rings. The van der Waals surface area contributed by atoms with Gasteiger partial charge in [0.2, 0.25) is 0 Å². The van der Waals surface area contributed by atoms with Crippen molar-refractivity contribution in [1.29, 1.82) is 0 Å². The molecule has 5 aliphatic carbocycles. The second kappa shape index (κ2) is 54.1. The van der Waals surface area contributed by atoms with Crippen LogP contribution in [0, 0.1) is 132 Å². The maximum absolute atomic E-state index is 12.2. The van der Waals surface area contributed by atoms with Crippen LogP contribution in [0.5, 0.6) is 0 Å². The monoisotopic (exact) mass is 1700 g/mol. The van der Waals surface area contributed by atoms with Crippen molar-refractivity contribution in [2.24, 2.45) is 132 Å². The Kier molecular flexibility index (Phi) is 54.0. The Morgan fingerprint density at radius 1 is 0.300 bits per heavy atom. The molecule has 16 nitrogen and oxygen atoms in total. The molecule has 5 aliphatic rings. The Morgan fingerprint density at radius 2 is 0.575 bits per heavy atom. The highest BCUT2D eigenvalue weighted by atomic mass is 16.6. The minimum atomic E-state index is -0.359. The number of carbonyl (C=O) groups excluding carboxylic acids is 8. The predicted octanol–water partition coefficient (Wildman–Crippen LogP) is 28.1. The second-order valence-corrected chi connectivity index (χ2v) is 45.5. The highest BCUT2D eigenvalue weighted by molar-refractivity contribution is 5.79. The summed E-state index contributed by atoms with van der Waals surface area (Å²) in [4.78, 5) is 94.6. The Hall–Kier alpha value is -4.24. The molecule has 7 atom stereocenters. The molecule has 0 spiro atoms. The summed E-state index contributed by atoms with van der Waals surface area (Å²) in [5, 5.41) is 0. The van der Waals surface area contributed by atoms with Crippen LogP contribution in [-0.4, -0.2) is 97.1 Å². The minimum Gasteiger partial charge on any atom is -0.465 e. The number of carbonyl (C=O) groups is 8.